The molecule has 0 bridgehead atoms. The fourth-order valence-electron chi connectivity index (χ4n) is 4.96. The van der Waals surface area contributed by atoms with E-state index in [2.05, 4.69) is 20.6 Å². The molecule has 0 radical (unpaired) electrons. The number of aliphatic hydroxyl groups excluding tert-OH is 1. The molecule has 2 amide bonds. The number of hydrogen-bond donors (Lipinski definition) is 3. The van der Waals surface area contributed by atoms with Crippen LogP contribution in [0.4, 0.5) is 25.5 Å². The Kier molecular flexibility index (Phi) is 7.13. The quantitative estimate of drug-likeness (QED) is 0.402. The summed E-state index contributed by atoms with van der Waals surface area (Å²) in [4.78, 5) is 33.8. The summed E-state index contributed by atoms with van der Waals surface area (Å²) in [6, 6.07) is 3.17. The predicted octanol–water partition coefficient (Wildman–Crippen LogP) is 5.41. The number of anilines is 2. The number of pyridine rings is 2. The van der Waals surface area contributed by atoms with Crippen molar-refractivity contribution in [2.75, 3.05) is 23.8 Å². The van der Waals surface area contributed by atoms with E-state index < -0.39 is 29.7 Å². The Bertz CT molecular complexity index is 1450. The first-order valence-corrected chi connectivity index (χ1v) is 12.8. The third-order valence-electron chi connectivity index (χ3n) is 6.73. The molecule has 206 valence electrons. The molecular weight excluding hydrogens is 507 g/mol. The van der Waals surface area contributed by atoms with Crippen LogP contribution in [0.25, 0.3) is 21.9 Å². The first kappa shape index (κ1) is 26.8. The molecule has 1 fully saturated rings. The van der Waals surface area contributed by atoms with Crippen LogP contribution in [0.3, 0.4) is 0 Å². The Morgan fingerprint density at radius 3 is 2.62 bits per heavy atom. The lowest BCUT2D eigenvalue weighted by atomic mass is 9.94. The molecule has 3 heterocycles. The van der Waals surface area contributed by atoms with Crippen LogP contribution in [-0.4, -0.2) is 52.2 Å². The Morgan fingerprint density at radius 2 is 1.90 bits per heavy atom. The van der Waals surface area contributed by atoms with E-state index in [1.807, 2.05) is 6.92 Å². The second-order valence-electron chi connectivity index (χ2n) is 10.8. The van der Waals surface area contributed by atoms with Gasteiger partial charge < -0.3 is 19.3 Å². The highest BCUT2D eigenvalue weighted by molar-refractivity contribution is 6.04. The molecule has 2 atom stereocenters. The Hall–Kier alpha value is -3.83. The molecule has 5 rings (SSSR count). The van der Waals surface area contributed by atoms with Gasteiger partial charge in [0.2, 0.25) is 0 Å². The van der Waals surface area contributed by atoms with E-state index in [0.29, 0.717) is 59.9 Å². The van der Waals surface area contributed by atoms with Crippen LogP contribution < -0.4 is 10.6 Å². The maximum Gasteiger partial charge on any atom is 0.413 e. The first-order valence-electron chi connectivity index (χ1n) is 12.8. The number of carbonyl (C=O) groups excluding carboxylic acids is 2. The van der Waals surface area contributed by atoms with E-state index in [0.717, 1.165) is 5.69 Å². The monoisotopic (exact) mass is 538 g/mol. The molecule has 1 aromatic carbocycles. The first-order chi connectivity index (χ1) is 18.5. The van der Waals surface area contributed by atoms with Crippen molar-refractivity contribution in [2.24, 2.45) is 0 Å². The van der Waals surface area contributed by atoms with Crippen molar-refractivity contribution in [1.29, 1.82) is 0 Å². The number of aliphatic hydroxyl groups is 1. The normalized spacial score (nSPS) is 18.6. The van der Waals surface area contributed by atoms with Gasteiger partial charge in [-0.3, -0.25) is 15.6 Å². The summed E-state index contributed by atoms with van der Waals surface area (Å²) >= 11 is 0. The highest BCUT2D eigenvalue weighted by Crippen LogP contribution is 2.41. The van der Waals surface area contributed by atoms with Gasteiger partial charge in [-0.1, -0.05) is 0 Å². The fraction of sp³-hybridized carbons (Fsp3) is 0.429. The zero-order valence-electron chi connectivity index (χ0n) is 22.3. The molecule has 2 aliphatic rings. The van der Waals surface area contributed by atoms with Crippen LogP contribution in [-0.2, 0) is 20.6 Å². The molecule has 10 nitrogen and oxygen atoms in total. The van der Waals surface area contributed by atoms with Crippen LogP contribution in [0.15, 0.2) is 24.5 Å². The van der Waals surface area contributed by atoms with Crippen molar-refractivity contribution < 1.29 is 33.3 Å². The highest BCUT2D eigenvalue weighted by Gasteiger charge is 2.28. The van der Waals surface area contributed by atoms with Crippen molar-refractivity contribution in [3.05, 3.63) is 47.2 Å². The van der Waals surface area contributed by atoms with Gasteiger partial charge in [0.05, 0.1) is 25.0 Å². The number of benzene rings is 1. The van der Waals surface area contributed by atoms with Crippen LogP contribution in [0, 0.1) is 12.7 Å². The molecule has 11 heteroatoms. The van der Waals surface area contributed by atoms with E-state index in [-0.39, 0.29) is 23.2 Å². The summed E-state index contributed by atoms with van der Waals surface area (Å²) in [5.41, 5.74) is 1.92. The summed E-state index contributed by atoms with van der Waals surface area (Å²) in [7, 11) is 0. The Morgan fingerprint density at radius 1 is 1.10 bits per heavy atom. The summed E-state index contributed by atoms with van der Waals surface area (Å²) in [6.45, 7) is 7.80. The number of carbonyl (C=O) groups is 2. The third-order valence-corrected chi connectivity index (χ3v) is 6.73. The van der Waals surface area contributed by atoms with Crippen molar-refractivity contribution in [1.82, 2.24) is 9.97 Å². The van der Waals surface area contributed by atoms with Gasteiger partial charge in [0.1, 0.15) is 17.5 Å². The number of rotatable bonds is 4. The average molecular weight is 539 g/mol. The number of aryl methyl sites for hydroxylation is 1. The molecule has 1 saturated heterocycles. The largest absolute Gasteiger partial charge is 0.444 e. The van der Waals surface area contributed by atoms with E-state index >= 15 is 4.39 Å². The third kappa shape index (κ3) is 5.64. The molecule has 2 aromatic heterocycles. The summed E-state index contributed by atoms with van der Waals surface area (Å²) in [5, 5.41) is 16.4. The fourth-order valence-corrected chi connectivity index (χ4v) is 4.96. The van der Waals surface area contributed by atoms with Gasteiger partial charge >= 0.3 is 12.2 Å². The summed E-state index contributed by atoms with van der Waals surface area (Å²) in [6.07, 6.45) is 2.24. The standard InChI is InChI=1S/C28H31FN4O6/c1-14-18(11-30-20-5-6-21(34)23(14)20)17-9-15-10-22(32-26(35)38-16-7-8-37-13-16)31-12-19(15)25(24(17)29)33-27(36)39-28(2,3)4/h9-12,16,21,34H,5-8,13H2,1-4H3,(H,33,36)(H,31,32,35). The maximum atomic E-state index is 16.2. The number of aromatic nitrogens is 2. The minimum Gasteiger partial charge on any atom is -0.444 e. The molecule has 1 aliphatic carbocycles. The number of halogens is 1. The molecule has 1 aliphatic heterocycles. The van der Waals surface area contributed by atoms with E-state index in [1.54, 1.807) is 39.1 Å². The smallest absolute Gasteiger partial charge is 0.413 e. The van der Waals surface area contributed by atoms with Crippen molar-refractivity contribution in [2.45, 2.75) is 64.8 Å². The van der Waals surface area contributed by atoms with E-state index in [1.165, 1.54) is 6.20 Å². The van der Waals surface area contributed by atoms with Crippen LogP contribution in [0.5, 0.6) is 0 Å². The van der Waals surface area contributed by atoms with E-state index in [9.17, 15) is 14.7 Å². The number of amides is 2. The van der Waals surface area contributed by atoms with Gasteiger partial charge in [-0.25, -0.2) is 19.0 Å². The number of nitrogens with one attached hydrogen (secondary N) is 2. The van der Waals surface area contributed by atoms with Crippen LogP contribution in [0.1, 0.15) is 56.5 Å². The molecule has 2 unspecified atom stereocenters. The minimum atomic E-state index is -0.830. The lowest BCUT2D eigenvalue weighted by molar-refractivity contribution is 0.0635. The molecule has 3 aromatic rings. The molecule has 3 N–H and O–H groups in total. The van der Waals surface area contributed by atoms with Gasteiger partial charge in [-0.15, -0.1) is 0 Å². The molecular formula is C28H31FN4O6. The van der Waals surface area contributed by atoms with Gasteiger partial charge in [0.15, 0.2) is 5.82 Å². The molecule has 0 saturated carbocycles. The predicted molar refractivity (Wildman–Crippen MR) is 142 cm³/mol. The van der Waals surface area contributed by atoms with Crippen molar-refractivity contribution in [3.63, 3.8) is 0 Å². The summed E-state index contributed by atoms with van der Waals surface area (Å²) in [5.74, 6) is -0.514. The Labute approximate surface area is 224 Å². The van der Waals surface area contributed by atoms with Gasteiger partial charge in [0, 0.05) is 46.6 Å². The lowest BCUT2D eigenvalue weighted by Crippen LogP contribution is -2.27. The summed E-state index contributed by atoms with van der Waals surface area (Å²) < 4.78 is 32.1. The second kappa shape index (κ2) is 10.4. The van der Waals surface area contributed by atoms with Crippen LogP contribution >= 0.6 is 0 Å². The number of hydrogen-bond acceptors (Lipinski definition) is 8. The minimum absolute atomic E-state index is 0.123. The topological polar surface area (TPSA) is 132 Å². The highest BCUT2D eigenvalue weighted by atomic mass is 19.1. The van der Waals surface area contributed by atoms with Crippen LogP contribution in [0.2, 0.25) is 0 Å². The molecule has 39 heavy (non-hydrogen) atoms. The van der Waals surface area contributed by atoms with Crippen molar-refractivity contribution in [3.8, 4) is 11.1 Å². The van der Waals surface area contributed by atoms with Gasteiger partial charge in [-0.05, 0) is 63.6 Å². The number of ether oxygens (including phenoxy) is 3. The second-order valence-corrected chi connectivity index (χ2v) is 10.8. The lowest BCUT2D eigenvalue weighted by Gasteiger charge is -2.21. The molecule has 0 spiro atoms. The Balaban J connectivity index is 1.57. The number of nitrogens with zero attached hydrogens (tertiary/aromatic N) is 2. The van der Waals surface area contributed by atoms with Gasteiger partial charge in [-0.2, -0.15) is 0 Å². The van der Waals surface area contributed by atoms with Crippen molar-refractivity contribution >= 4 is 34.5 Å². The van der Waals surface area contributed by atoms with Gasteiger partial charge in [0.25, 0.3) is 0 Å². The SMILES string of the molecule is Cc1c(-c2cc3cc(NC(=O)OC4CCOC4)ncc3c(NC(=O)OC(C)(C)C)c2F)cnc2c1C(O)CC2. The average Bonchev–Trinajstić information content (AvgIpc) is 3.50. The number of fused-ring (bicyclic) bond motifs is 2. The zero-order valence-corrected chi connectivity index (χ0v) is 22.3. The van der Waals surface area contributed by atoms with E-state index in [4.69, 9.17) is 14.2 Å². The maximum absolute atomic E-state index is 16.2. The zero-order chi connectivity index (χ0) is 27.9.